The second kappa shape index (κ2) is 5.11. The molecule has 0 aliphatic carbocycles. The van der Waals surface area contributed by atoms with Crippen LogP contribution in [0.5, 0.6) is 0 Å². The van der Waals surface area contributed by atoms with Gasteiger partial charge in [0.2, 0.25) is 0 Å². The van der Waals surface area contributed by atoms with E-state index in [1.165, 1.54) is 31.7 Å². The van der Waals surface area contributed by atoms with Crippen LogP contribution in [0.3, 0.4) is 0 Å². The van der Waals surface area contributed by atoms with E-state index in [9.17, 15) is 0 Å². The maximum Gasteiger partial charge on any atom is 0.108 e. The fourth-order valence-electron chi connectivity index (χ4n) is 1.22. The van der Waals surface area contributed by atoms with Crippen molar-refractivity contribution in [2.75, 3.05) is 0 Å². The molecule has 0 N–H and O–H groups in total. The van der Waals surface area contributed by atoms with Gasteiger partial charge in [0, 0.05) is 6.21 Å². The summed E-state index contributed by atoms with van der Waals surface area (Å²) in [5.74, 6) is 0. The minimum atomic E-state index is 1.16. The lowest BCUT2D eigenvalue weighted by Gasteiger charge is -2.01. The summed E-state index contributed by atoms with van der Waals surface area (Å²) in [7, 11) is 0. The summed E-state index contributed by atoms with van der Waals surface area (Å²) in [6, 6.07) is 1.25. The quantitative estimate of drug-likeness (QED) is 0.534. The molecular weight excluding hydrogens is 134 g/mol. The minimum Gasteiger partial charge on any atom is -0.279 e. The molecule has 0 aromatic rings. The molecule has 0 spiro atoms. The lowest BCUT2D eigenvalue weighted by molar-refractivity contribution is 0.647. The summed E-state index contributed by atoms with van der Waals surface area (Å²) in [5, 5.41) is 0. The number of hydrogen-bond donors (Lipinski definition) is 0. The van der Waals surface area contributed by atoms with Gasteiger partial charge in [-0.3, -0.25) is 4.99 Å². The van der Waals surface area contributed by atoms with Crippen molar-refractivity contribution in [1.82, 2.24) is 0 Å². The summed E-state index contributed by atoms with van der Waals surface area (Å²) in [5.41, 5.74) is 0. The summed E-state index contributed by atoms with van der Waals surface area (Å²) < 4.78 is 0. The van der Waals surface area contributed by atoms with E-state index >= 15 is 0 Å². The van der Waals surface area contributed by atoms with E-state index in [-0.39, 0.29) is 0 Å². The van der Waals surface area contributed by atoms with E-state index < -0.39 is 0 Å². The fourth-order valence-corrected chi connectivity index (χ4v) is 1.22. The molecule has 1 rings (SSSR count). The fraction of sp³-hybridized carbons (Fsp3) is 0.600. The molecule has 0 fully saturated rings. The Bertz CT molecular complexity index is 135. The molecule has 1 aliphatic rings. The Labute approximate surface area is 69.2 Å². The second-order valence-electron chi connectivity index (χ2n) is 2.94. The first-order valence-corrected chi connectivity index (χ1v) is 4.50. The number of aliphatic imine (C=N–C) groups is 1. The zero-order valence-electron chi connectivity index (χ0n) is 7.21. The molecule has 0 aromatic heterocycles. The van der Waals surface area contributed by atoms with Gasteiger partial charge in [-0.05, 0) is 12.5 Å². The molecule has 11 heavy (non-hydrogen) atoms. The highest BCUT2D eigenvalue weighted by Crippen LogP contribution is 2.17. The molecule has 1 nitrogen and oxygen atoms in total. The highest BCUT2D eigenvalue weighted by molar-refractivity contribution is 5.75. The van der Waals surface area contributed by atoms with Gasteiger partial charge in [0.1, 0.15) is 6.04 Å². The zero-order chi connectivity index (χ0) is 7.94. The van der Waals surface area contributed by atoms with E-state index in [0.29, 0.717) is 0 Å². The first kappa shape index (κ1) is 8.51. The highest BCUT2D eigenvalue weighted by Gasteiger charge is 2.04. The van der Waals surface area contributed by atoms with E-state index in [0.717, 1.165) is 6.42 Å². The molecule has 1 radical (unpaired) electrons. The standard InChI is InChI=1S/C10H16N/c1-2-3-4-5-7-10-8-6-9-11-10/h6,8-9H,2-5,7H2,1H3. The molecule has 61 valence electrons. The summed E-state index contributed by atoms with van der Waals surface area (Å²) >= 11 is 0. The maximum atomic E-state index is 4.21. The number of rotatable bonds is 5. The van der Waals surface area contributed by atoms with Crippen LogP contribution in [0.15, 0.2) is 17.1 Å². The average molecular weight is 150 g/mol. The van der Waals surface area contributed by atoms with Crippen molar-refractivity contribution < 1.29 is 0 Å². The van der Waals surface area contributed by atoms with Gasteiger partial charge in [0.15, 0.2) is 0 Å². The van der Waals surface area contributed by atoms with E-state index in [1.54, 1.807) is 0 Å². The first-order chi connectivity index (χ1) is 5.43. The van der Waals surface area contributed by atoms with Crippen molar-refractivity contribution >= 4 is 6.21 Å². The van der Waals surface area contributed by atoms with Crippen LogP contribution in [0.1, 0.15) is 39.0 Å². The lowest BCUT2D eigenvalue weighted by atomic mass is 10.1. The van der Waals surface area contributed by atoms with Gasteiger partial charge in [0.25, 0.3) is 0 Å². The van der Waals surface area contributed by atoms with Crippen LogP contribution in [-0.2, 0) is 0 Å². The number of unbranched alkanes of at least 4 members (excludes halogenated alkanes) is 3. The minimum absolute atomic E-state index is 1.16. The summed E-state index contributed by atoms with van der Waals surface area (Å²) in [4.78, 5) is 4.21. The van der Waals surface area contributed by atoms with Crippen molar-refractivity contribution in [3.05, 3.63) is 18.2 Å². The van der Waals surface area contributed by atoms with Crippen LogP contribution in [-0.4, -0.2) is 6.21 Å². The third-order valence-electron chi connectivity index (χ3n) is 1.90. The molecule has 1 heteroatoms. The van der Waals surface area contributed by atoms with Crippen LogP contribution in [0.2, 0.25) is 0 Å². The molecule has 0 amide bonds. The Morgan fingerprint density at radius 3 is 2.82 bits per heavy atom. The van der Waals surface area contributed by atoms with Crippen molar-refractivity contribution in [2.45, 2.75) is 39.0 Å². The zero-order valence-corrected chi connectivity index (χ0v) is 7.21. The molecule has 0 saturated heterocycles. The molecule has 0 atom stereocenters. The average Bonchev–Trinajstić information content (AvgIpc) is 2.50. The van der Waals surface area contributed by atoms with Crippen molar-refractivity contribution in [3.8, 4) is 0 Å². The van der Waals surface area contributed by atoms with Crippen molar-refractivity contribution in [2.24, 2.45) is 4.99 Å². The predicted octanol–water partition coefficient (Wildman–Crippen LogP) is 3.13. The van der Waals surface area contributed by atoms with Gasteiger partial charge in [-0.25, -0.2) is 0 Å². The Kier molecular flexibility index (Phi) is 3.95. The Morgan fingerprint density at radius 1 is 1.27 bits per heavy atom. The van der Waals surface area contributed by atoms with E-state index in [1.807, 2.05) is 12.3 Å². The molecule has 0 bridgehead atoms. The topological polar surface area (TPSA) is 12.4 Å². The van der Waals surface area contributed by atoms with E-state index in [4.69, 9.17) is 0 Å². The van der Waals surface area contributed by atoms with Crippen molar-refractivity contribution in [1.29, 1.82) is 0 Å². The Hall–Kier alpha value is -0.590. The van der Waals surface area contributed by atoms with Gasteiger partial charge < -0.3 is 0 Å². The SMILES string of the molecule is CCCCCC[C]1C=CC=N1. The second-order valence-corrected chi connectivity index (χ2v) is 2.94. The number of allylic oxidation sites excluding steroid dienone is 1. The van der Waals surface area contributed by atoms with Crippen molar-refractivity contribution in [3.63, 3.8) is 0 Å². The first-order valence-electron chi connectivity index (χ1n) is 4.50. The van der Waals surface area contributed by atoms with Crippen LogP contribution in [0.25, 0.3) is 0 Å². The highest BCUT2D eigenvalue weighted by atomic mass is 14.8. The third-order valence-corrected chi connectivity index (χ3v) is 1.90. The largest absolute Gasteiger partial charge is 0.279 e. The molecular formula is C10H16N. The number of hydrogen-bond acceptors (Lipinski definition) is 1. The third kappa shape index (κ3) is 3.35. The Balaban J connectivity index is 1.95. The molecule has 1 aliphatic heterocycles. The molecule has 0 aromatic carbocycles. The molecule has 0 unspecified atom stereocenters. The summed E-state index contributed by atoms with van der Waals surface area (Å²) in [6.45, 7) is 2.24. The maximum absolute atomic E-state index is 4.21. The van der Waals surface area contributed by atoms with Gasteiger partial charge in [-0.1, -0.05) is 38.7 Å². The molecule has 1 heterocycles. The van der Waals surface area contributed by atoms with Crippen LogP contribution < -0.4 is 0 Å². The smallest absolute Gasteiger partial charge is 0.108 e. The monoisotopic (exact) mass is 150 g/mol. The van der Waals surface area contributed by atoms with Crippen LogP contribution in [0.4, 0.5) is 0 Å². The normalized spacial score (nSPS) is 16.5. The van der Waals surface area contributed by atoms with Gasteiger partial charge in [0.05, 0.1) is 0 Å². The predicted molar refractivity (Wildman–Crippen MR) is 49.6 cm³/mol. The molecule has 0 saturated carbocycles. The van der Waals surface area contributed by atoms with Gasteiger partial charge >= 0.3 is 0 Å². The number of nitrogens with zero attached hydrogens (tertiary/aromatic N) is 1. The van der Waals surface area contributed by atoms with Gasteiger partial charge in [-0.15, -0.1) is 0 Å². The van der Waals surface area contributed by atoms with E-state index in [2.05, 4.69) is 18.0 Å². The van der Waals surface area contributed by atoms with Gasteiger partial charge in [-0.2, -0.15) is 0 Å². The van der Waals surface area contributed by atoms with Crippen LogP contribution in [0, 0.1) is 6.04 Å². The summed E-state index contributed by atoms with van der Waals surface area (Å²) in [6.07, 6.45) is 12.5. The lowest BCUT2D eigenvalue weighted by Crippen LogP contribution is -1.86. The Morgan fingerprint density at radius 2 is 2.18 bits per heavy atom. The van der Waals surface area contributed by atoms with Crippen LogP contribution >= 0.6 is 0 Å².